The van der Waals surface area contributed by atoms with Crippen molar-refractivity contribution in [2.24, 2.45) is 5.92 Å². The standard InChI is InChI=1S/C29H32Cl2N2O3/c1-20(2)17-32-29(35)27(16-22-7-5-4-6-8-22)33(18-23-9-11-24(30)12-10-23)28(34)19-36-25-13-14-26(31)21(3)15-25/h4-15,20,27H,16-19H2,1-3H3,(H,32,35)/t27-/m0/s1. The monoisotopic (exact) mass is 526 g/mol. The van der Waals surface area contributed by atoms with Crippen LogP contribution >= 0.6 is 23.2 Å². The Balaban J connectivity index is 1.89. The zero-order valence-corrected chi connectivity index (χ0v) is 22.4. The number of amides is 2. The first-order valence-electron chi connectivity index (χ1n) is 12.0. The molecule has 0 spiro atoms. The molecule has 3 rings (SSSR count). The Morgan fingerprint density at radius 2 is 1.64 bits per heavy atom. The summed E-state index contributed by atoms with van der Waals surface area (Å²) in [6.07, 6.45) is 0.379. The highest BCUT2D eigenvalue weighted by molar-refractivity contribution is 6.31. The predicted octanol–water partition coefficient (Wildman–Crippen LogP) is 6.09. The molecule has 0 radical (unpaired) electrons. The van der Waals surface area contributed by atoms with Gasteiger partial charge >= 0.3 is 0 Å². The van der Waals surface area contributed by atoms with Crippen molar-refractivity contribution in [1.82, 2.24) is 10.2 Å². The quantitative estimate of drug-likeness (QED) is 0.328. The van der Waals surface area contributed by atoms with Crippen LogP contribution in [0.1, 0.15) is 30.5 Å². The van der Waals surface area contributed by atoms with Gasteiger partial charge in [-0.3, -0.25) is 9.59 Å². The number of carbonyl (C=O) groups excluding carboxylic acids is 2. The second-order valence-electron chi connectivity index (χ2n) is 9.19. The van der Waals surface area contributed by atoms with Crippen molar-refractivity contribution in [3.05, 3.63) is 99.5 Å². The molecule has 3 aromatic carbocycles. The summed E-state index contributed by atoms with van der Waals surface area (Å²) in [6.45, 7) is 6.49. The van der Waals surface area contributed by atoms with Crippen molar-refractivity contribution >= 4 is 35.0 Å². The molecule has 0 aliphatic carbocycles. The Labute approximate surface area is 223 Å². The summed E-state index contributed by atoms with van der Waals surface area (Å²) in [5, 5.41) is 4.24. The van der Waals surface area contributed by atoms with E-state index in [1.807, 2.05) is 63.2 Å². The van der Waals surface area contributed by atoms with Gasteiger partial charge in [-0.2, -0.15) is 0 Å². The molecular weight excluding hydrogens is 495 g/mol. The number of rotatable bonds is 11. The molecule has 0 aromatic heterocycles. The topological polar surface area (TPSA) is 58.6 Å². The van der Waals surface area contributed by atoms with Gasteiger partial charge < -0.3 is 15.0 Å². The molecule has 0 aliphatic heterocycles. The van der Waals surface area contributed by atoms with E-state index in [2.05, 4.69) is 5.32 Å². The first-order chi connectivity index (χ1) is 17.2. The molecule has 0 saturated heterocycles. The number of nitrogens with zero attached hydrogens (tertiary/aromatic N) is 1. The molecule has 7 heteroatoms. The Bertz CT molecular complexity index is 1150. The summed E-state index contributed by atoms with van der Waals surface area (Å²) < 4.78 is 5.82. The van der Waals surface area contributed by atoms with Gasteiger partial charge in [-0.1, -0.05) is 79.5 Å². The maximum absolute atomic E-state index is 13.6. The van der Waals surface area contributed by atoms with E-state index in [0.717, 1.165) is 16.7 Å². The maximum atomic E-state index is 13.6. The van der Waals surface area contributed by atoms with Crippen LogP contribution in [0.4, 0.5) is 0 Å². The van der Waals surface area contributed by atoms with Gasteiger partial charge in [-0.25, -0.2) is 0 Å². The fourth-order valence-corrected chi connectivity index (χ4v) is 3.94. The largest absolute Gasteiger partial charge is 0.484 e. The van der Waals surface area contributed by atoms with E-state index in [0.29, 0.717) is 28.8 Å². The van der Waals surface area contributed by atoms with Crippen molar-refractivity contribution < 1.29 is 14.3 Å². The van der Waals surface area contributed by atoms with Gasteiger partial charge in [-0.15, -0.1) is 0 Å². The van der Waals surface area contributed by atoms with Gasteiger partial charge in [0.1, 0.15) is 11.8 Å². The minimum Gasteiger partial charge on any atom is -0.484 e. The Morgan fingerprint density at radius 3 is 2.28 bits per heavy atom. The Kier molecular flexibility index (Phi) is 10.2. The average Bonchev–Trinajstić information content (AvgIpc) is 2.87. The molecule has 0 unspecified atom stereocenters. The van der Waals surface area contributed by atoms with Crippen LogP contribution < -0.4 is 10.1 Å². The van der Waals surface area contributed by atoms with Crippen molar-refractivity contribution in [3.63, 3.8) is 0 Å². The molecule has 2 amide bonds. The molecule has 0 saturated carbocycles. The van der Waals surface area contributed by atoms with E-state index in [-0.39, 0.29) is 30.9 Å². The Hall–Kier alpha value is -3.02. The molecule has 0 aliphatic rings. The highest BCUT2D eigenvalue weighted by atomic mass is 35.5. The third-order valence-electron chi connectivity index (χ3n) is 5.71. The van der Waals surface area contributed by atoms with Crippen LogP contribution in [-0.2, 0) is 22.6 Å². The lowest BCUT2D eigenvalue weighted by molar-refractivity contribution is -0.142. The molecule has 0 bridgehead atoms. The van der Waals surface area contributed by atoms with Gasteiger partial charge in [0, 0.05) is 29.6 Å². The molecule has 5 nitrogen and oxygen atoms in total. The Morgan fingerprint density at radius 1 is 0.944 bits per heavy atom. The molecule has 0 fully saturated rings. The number of aryl methyl sites for hydroxylation is 1. The van der Waals surface area contributed by atoms with Crippen LogP contribution in [0, 0.1) is 12.8 Å². The highest BCUT2D eigenvalue weighted by Crippen LogP contribution is 2.22. The first-order valence-corrected chi connectivity index (χ1v) is 12.7. The molecule has 3 aromatic rings. The fourth-order valence-electron chi connectivity index (χ4n) is 3.70. The van der Waals surface area contributed by atoms with Crippen LogP contribution in [0.15, 0.2) is 72.8 Å². The second-order valence-corrected chi connectivity index (χ2v) is 10.0. The zero-order valence-electron chi connectivity index (χ0n) is 20.8. The molecule has 0 heterocycles. The van der Waals surface area contributed by atoms with Crippen LogP contribution in [0.3, 0.4) is 0 Å². The fraction of sp³-hybridized carbons (Fsp3) is 0.310. The van der Waals surface area contributed by atoms with Crippen LogP contribution in [0.25, 0.3) is 0 Å². The number of halogens is 2. The van der Waals surface area contributed by atoms with Crippen molar-refractivity contribution in [3.8, 4) is 5.75 Å². The molecule has 1 atom stereocenters. The van der Waals surface area contributed by atoms with E-state index < -0.39 is 6.04 Å². The van der Waals surface area contributed by atoms with E-state index in [1.54, 1.807) is 35.2 Å². The third kappa shape index (κ3) is 8.28. The first kappa shape index (κ1) is 27.6. The lowest BCUT2D eigenvalue weighted by atomic mass is 10.0. The minimum absolute atomic E-state index is 0.197. The third-order valence-corrected chi connectivity index (χ3v) is 6.39. The number of benzene rings is 3. The SMILES string of the molecule is Cc1cc(OCC(=O)N(Cc2ccc(Cl)cc2)[C@@H](Cc2ccccc2)C(=O)NCC(C)C)ccc1Cl. The van der Waals surface area contributed by atoms with Gasteiger partial charge in [0.05, 0.1) is 0 Å². The predicted molar refractivity (Wildman–Crippen MR) is 145 cm³/mol. The number of carbonyl (C=O) groups is 2. The van der Waals surface area contributed by atoms with E-state index >= 15 is 0 Å². The summed E-state index contributed by atoms with van der Waals surface area (Å²) in [6, 6.07) is 21.5. The van der Waals surface area contributed by atoms with Gasteiger partial charge in [0.2, 0.25) is 5.91 Å². The number of hydrogen-bond acceptors (Lipinski definition) is 3. The normalized spacial score (nSPS) is 11.7. The van der Waals surface area contributed by atoms with E-state index in [1.165, 1.54) is 0 Å². The van der Waals surface area contributed by atoms with Crippen LogP contribution in [0.2, 0.25) is 10.0 Å². The lowest BCUT2D eigenvalue weighted by Gasteiger charge is -2.31. The molecular formula is C29H32Cl2N2O3. The van der Waals surface area contributed by atoms with Gasteiger partial charge in [0.15, 0.2) is 6.61 Å². The molecule has 36 heavy (non-hydrogen) atoms. The van der Waals surface area contributed by atoms with Crippen molar-refractivity contribution in [1.29, 1.82) is 0 Å². The zero-order chi connectivity index (χ0) is 26.1. The number of hydrogen-bond donors (Lipinski definition) is 1. The number of ether oxygens (including phenoxy) is 1. The molecule has 1 N–H and O–H groups in total. The number of nitrogens with one attached hydrogen (secondary N) is 1. The van der Waals surface area contributed by atoms with Crippen LogP contribution in [-0.4, -0.2) is 35.9 Å². The second kappa shape index (κ2) is 13.3. The van der Waals surface area contributed by atoms with Crippen molar-refractivity contribution in [2.45, 2.75) is 39.8 Å². The summed E-state index contributed by atoms with van der Waals surface area (Å²) >= 11 is 12.2. The smallest absolute Gasteiger partial charge is 0.261 e. The lowest BCUT2D eigenvalue weighted by Crippen LogP contribution is -2.52. The maximum Gasteiger partial charge on any atom is 0.261 e. The average molecular weight is 527 g/mol. The highest BCUT2D eigenvalue weighted by Gasteiger charge is 2.30. The molecule has 190 valence electrons. The minimum atomic E-state index is -0.718. The van der Waals surface area contributed by atoms with E-state index in [9.17, 15) is 9.59 Å². The summed E-state index contributed by atoms with van der Waals surface area (Å²) in [5.41, 5.74) is 2.69. The van der Waals surface area contributed by atoms with Crippen LogP contribution in [0.5, 0.6) is 5.75 Å². The summed E-state index contributed by atoms with van der Waals surface area (Å²) in [5.74, 6) is 0.333. The summed E-state index contributed by atoms with van der Waals surface area (Å²) in [7, 11) is 0. The summed E-state index contributed by atoms with van der Waals surface area (Å²) in [4.78, 5) is 28.6. The van der Waals surface area contributed by atoms with Gasteiger partial charge in [-0.05, 0) is 59.9 Å². The van der Waals surface area contributed by atoms with E-state index in [4.69, 9.17) is 27.9 Å². The van der Waals surface area contributed by atoms with Crippen molar-refractivity contribution in [2.75, 3.05) is 13.2 Å². The van der Waals surface area contributed by atoms with Gasteiger partial charge in [0.25, 0.3) is 5.91 Å².